The molecule has 0 fully saturated rings. The molecule has 0 spiro atoms. The molecule has 2 rings (SSSR count). The van der Waals surface area contributed by atoms with Gasteiger partial charge in [-0.3, -0.25) is 0 Å². The average Bonchev–Trinajstić information content (AvgIpc) is 2.84. The quantitative estimate of drug-likeness (QED) is 0.783. The smallest absolute Gasteiger partial charge is 0.124 e. The third-order valence-corrected chi connectivity index (χ3v) is 4.98. The number of likely N-dealkylation sites (N-methyl/N-ethyl adjacent to an activating group) is 1. The molecule has 1 atom stereocenters. The van der Waals surface area contributed by atoms with E-state index >= 15 is 0 Å². The summed E-state index contributed by atoms with van der Waals surface area (Å²) in [6.45, 7) is 5.97. The normalized spacial score (nSPS) is 12.3. The Morgan fingerprint density at radius 3 is 2.60 bits per heavy atom. The van der Waals surface area contributed by atoms with Gasteiger partial charge in [-0.15, -0.1) is 11.3 Å². The van der Waals surface area contributed by atoms with Crippen LogP contribution >= 0.6 is 27.3 Å². The van der Waals surface area contributed by atoms with E-state index in [1.807, 2.05) is 0 Å². The fourth-order valence-corrected chi connectivity index (χ4v) is 3.45. The maximum Gasteiger partial charge on any atom is 0.124 e. The van der Waals surface area contributed by atoms with Gasteiger partial charge in [0.05, 0.1) is 4.88 Å². The van der Waals surface area contributed by atoms with E-state index in [-0.39, 0.29) is 0 Å². The summed E-state index contributed by atoms with van der Waals surface area (Å²) in [6, 6.07) is 11.0. The van der Waals surface area contributed by atoms with Gasteiger partial charge in [0.25, 0.3) is 0 Å². The maximum atomic E-state index is 5.80. The van der Waals surface area contributed by atoms with Crippen LogP contribution in [0.2, 0.25) is 0 Å². The molecule has 0 radical (unpaired) electrons. The summed E-state index contributed by atoms with van der Waals surface area (Å²) in [5.41, 5.74) is 1.34. The molecule has 1 heterocycles. The van der Waals surface area contributed by atoms with Gasteiger partial charge in [-0.2, -0.15) is 0 Å². The number of ether oxygens (including phenoxy) is 1. The van der Waals surface area contributed by atoms with E-state index < -0.39 is 0 Å². The molecule has 20 heavy (non-hydrogen) atoms. The number of hydrogen-bond donors (Lipinski definition) is 1. The molecule has 0 aliphatic rings. The lowest BCUT2D eigenvalue weighted by molar-refractivity contribution is 0.309. The van der Waals surface area contributed by atoms with Crippen LogP contribution in [-0.2, 0) is 13.0 Å². The second kappa shape index (κ2) is 7.81. The first-order chi connectivity index (χ1) is 9.69. The van der Waals surface area contributed by atoms with Crippen LogP contribution in [0.3, 0.4) is 0 Å². The van der Waals surface area contributed by atoms with Crippen molar-refractivity contribution in [3.05, 3.63) is 50.6 Å². The van der Waals surface area contributed by atoms with E-state index in [1.54, 1.807) is 11.3 Å². The van der Waals surface area contributed by atoms with Gasteiger partial charge in [-0.25, -0.2) is 0 Å². The largest absolute Gasteiger partial charge is 0.488 e. The van der Waals surface area contributed by atoms with E-state index in [0.717, 1.165) is 23.2 Å². The summed E-state index contributed by atoms with van der Waals surface area (Å²) in [5.74, 6) is 0.921. The molecule has 0 aliphatic carbocycles. The SMILES string of the molecule is CCNC(C)Cc1ccc(OCc2sccc2Br)cc1. The van der Waals surface area contributed by atoms with Gasteiger partial charge in [0.1, 0.15) is 12.4 Å². The highest BCUT2D eigenvalue weighted by molar-refractivity contribution is 9.10. The predicted octanol–water partition coefficient (Wildman–Crippen LogP) is 4.63. The Balaban J connectivity index is 1.87. The Hall–Kier alpha value is -0.840. The Kier molecular flexibility index (Phi) is 6.07. The number of halogens is 1. The van der Waals surface area contributed by atoms with Crippen molar-refractivity contribution in [3.63, 3.8) is 0 Å². The van der Waals surface area contributed by atoms with Gasteiger partial charge >= 0.3 is 0 Å². The third kappa shape index (κ3) is 4.62. The van der Waals surface area contributed by atoms with Crippen LogP contribution in [0.25, 0.3) is 0 Å². The summed E-state index contributed by atoms with van der Waals surface area (Å²) >= 11 is 5.22. The van der Waals surface area contributed by atoms with Crippen molar-refractivity contribution in [2.45, 2.75) is 32.9 Å². The predicted molar refractivity (Wildman–Crippen MR) is 89.6 cm³/mol. The molecule has 0 saturated carbocycles. The number of nitrogens with one attached hydrogen (secondary N) is 1. The topological polar surface area (TPSA) is 21.3 Å². The second-order valence-electron chi connectivity index (χ2n) is 4.79. The van der Waals surface area contributed by atoms with Gasteiger partial charge < -0.3 is 10.1 Å². The number of rotatable bonds is 7. The molecule has 0 amide bonds. The maximum absolute atomic E-state index is 5.80. The highest BCUT2D eigenvalue weighted by Crippen LogP contribution is 2.24. The Morgan fingerprint density at radius 2 is 2.00 bits per heavy atom. The number of thiophene rings is 1. The summed E-state index contributed by atoms with van der Waals surface area (Å²) in [7, 11) is 0. The van der Waals surface area contributed by atoms with Crippen LogP contribution in [0.4, 0.5) is 0 Å². The van der Waals surface area contributed by atoms with Gasteiger partial charge in [0.15, 0.2) is 0 Å². The zero-order valence-electron chi connectivity index (χ0n) is 11.9. The molecular weight excluding hydrogens is 334 g/mol. The molecule has 4 heteroatoms. The third-order valence-electron chi connectivity index (χ3n) is 3.08. The first-order valence-electron chi connectivity index (χ1n) is 6.86. The molecule has 2 aromatic rings. The lowest BCUT2D eigenvalue weighted by Crippen LogP contribution is -2.27. The Labute approximate surface area is 133 Å². The van der Waals surface area contributed by atoms with E-state index in [0.29, 0.717) is 12.6 Å². The van der Waals surface area contributed by atoms with Crippen molar-refractivity contribution in [2.24, 2.45) is 0 Å². The zero-order valence-corrected chi connectivity index (χ0v) is 14.3. The van der Waals surface area contributed by atoms with Gasteiger partial charge in [0, 0.05) is 10.5 Å². The monoisotopic (exact) mass is 353 g/mol. The summed E-state index contributed by atoms with van der Waals surface area (Å²) in [5, 5.41) is 5.49. The molecule has 2 nitrogen and oxygen atoms in total. The molecule has 0 saturated heterocycles. The second-order valence-corrected chi connectivity index (χ2v) is 6.64. The van der Waals surface area contributed by atoms with Crippen molar-refractivity contribution >= 4 is 27.3 Å². The van der Waals surface area contributed by atoms with Gasteiger partial charge in [-0.05, 0) is 65.0 Å². The standard InChI is InChI=1S/C16H20BrNOS/c1-3-18-12(2)10-13-4-6-14(7-5-13)19-11-16-15(17)8-9-20-16/h4-9,12,18H,3,10-11H2,1-2H3. The van der Waals surface area contributed by atoms with Crippen molar-refractivity contribution in [1.82, 2.24) is 5.32 Å². The minimum Gasteiger partial charge on any atom is -0.488 e. The first kappa shape index (κ1) is 15.5. The fourth-order valence-electron chi connectivity index (χ4n) is 2.07. The number of benzene rings is 1. The molecule has 1 unspecified atom stereocenters. The minimum atomic E-state index is 0.508. The van der Waals surface area contributed by atoms with Crippen molar-refractivity contribution in [2.75, 3.05) is 6.54 Å². The van der Waals surface area contributed by atoms with Crippen LogP contribution in [0.1, 0.15) is 24.3 Å². The van der Waals surface area contributed by atoms with Crippen LogP contribution in [-0.4, -0.2) is 12.6 Å². The molecule has 0 aliphatic heterocycles. The van der Waals surface area contributed by atoms with E-state index in [1.165, 1.54) is 10.4 Å². The highest BCUT2D eigenvalue weighted by atomic mass is 79.9. The Morgan fingerprint density at radius 1 is 1.25 bits per heavy atom. The lowest BCUT2D eigenvalue weighted by Gasteiger charge is -2.12. The van der Waals surface area contributed by atoms with Crippen LogP contribution < -0.4 is 10.1 Å². The zero-order chi connectivity index (χ0) is 14.4. The average molecular weight is 354 g/mol. The summed E-state index contributed by atoms with van der Waals surface area (Å²) in [4.78, 5) is 1.22. The van der Waals surface area contributed by atoms with Gasteiger partial charge in [0.2, 0.25) is 0 Å². The molecule has 1 aromatic carbocycles. The van der Waals surface area contributed by atoms with Crippen molar-refractivity contribution in [1.29, 1.82) is 0 Å². The van der Waals surface area contributed by atoms with Crippen LogP contribution in [0.5, 0.6) is 5.75 Å². The van der Waals surface area contributed by atoms with Gasteiger partial charge in [-0.1, -0.05) is 19.1 Å². The van der Waals surface area contributed by atoms with E-state index in [2.05, 4.69) is 70.8 Å². The molecule has 0 bridgehead atoms. The van der Waals surface area contributed by atoms with Crippen molar-refractivity contribution in [3.8, 4) is 5.75 Å². The van der Waals surface area contributed by atoms with E-state index in [9.17, 15) is 0 Å². The molecule has 1 N–H and O–H groups in total. The summed E-state index contributed by atoms with van der Waals surface area (Å²) in [6.07, 6.45) is 1.05. The van der Waals surface area contributed by atoms with Crippen LogP contribution in [0.15, 0.2) is 40.2 Å². The first-order valence-corrected chi connectivity index (χ1v) is 8.53. The molecular formula is C16H20BrNOS. The number of hydrogen-bond acceptors (Lipinski definition) is 3. The minimum absolute atomic E-state index is 0.508. The fraction of sp³-hybridized carbons (Fsp3) is 0.375. The highest BCUT2D eigenvalue weighted by Gasteiger charge is 2.04. The molecule has 108 valence electrons. The Bertz CT molecular complexity index is 524. The van der Waals surface area contributed by atoms with Crippen LogP contribution in [0, 0.1) is 0 Å². The summed E-state index contributed by atoms with van der Waals surface area (Å²) < 4.78 is 6.93. The molecule has 1 aromatic heterocycles. The lowest BCUT2D eigenvalue weighted by atomic mass is 10.1. The van der Waals surface area contributed by atoms with E-state index in [4.69, 9.17) is 4.74 Å². The van der Waals surface area contributed by atoms with Crippen molar-refractivity contribution < 1.29 is 4.74 Å².